The van der Waals surface area contributed by atoms with E-state index >= 15 is 0 Å². The van der Waals surface area contributed by atoms with Crippen molar-refractivity contribution in [1.82, 2.24) is 15.1 Å². The fourth-order valence-electron chi connectivity index (χ4n) is 7.08. The maximum Gasteiger partial charge on any atom is 0.471 e. The van der Waals surface area contributed by atoms with Crippen LogP contribution in [0.25, 0.3) is 11.1 Å². The molecule has 3 aliphatic heterocycles. The molecule has 49 heavy (non-hydrogen) atoms. The van der Waals surface area contributed by atoms with Crippen LogP contribution in [0.5, 0.6) is 0 Å². The van der Waals surface area contributed by atoms with Crippen LogP contribution >= 0.6 is 0 Å². The zero-order valence-electron chi connectivity index (χ0n) is 27.1. The van der Waals surface area contributed by atoms with E-state index in [4.69, 9.17) is 9.47 Å². The zero-order chi connectivity index (χ0) is 34.5. The van der Waals surface area contributed by atoms with E-state index in [0.717, 1.165) is 52.8 Å². The van der Waals surface area contributed by atoms with Crippen LogP contribution in [-0.2, 0) is 32.2 Å². The van der Waals surface area contributed by atoms with Gasteiger partial charge in [-0.3, -0.25) is 14.5 Å². The number of hydrogen-bond acceptors (Lipinski definition) is 7. The number of alkyl halides is 3. The summed E-state index contributed by atoms with van der Waals surface area (Å²) in [7, 11) is 0. The smallest absolute Gasteiger partial charge is 0.395 e. The van der Waals surface area contributed by atoms with Gasteiger partial charge in [-0.1, -0.05) is 66.7 Å². The Morgan fingerprint density at radius 2 is 1.59 bits per heavy atom. The number of carbonyl (C=O) groups is 2. The Labute approximate surface area is 283 Å². The van der Waals surface area contributed by atoms with E-state index in [2.05, 4.69) is 10.2 Å². The number of hydrogen-bond donors (Lipinski definition) is 3. The Morgan fingerprint density at radius 1 is 0.857 bits per heavy atom. The van der Waals surface area contributed by atoms with Gasteiger partial charge in [0.1, 0.15) is 6.04 Å². The molecular weight excluding hydrogens is 639 g/mol. The summed E-state index contributed by atoms with van der Waals surface area (Å²) in [6, 6.07) is 22.1. The number of rotatable bonds is 10. The van der Waals surface area contributed by atoms with Crippen molar-refractivity contribution in [3.63, 3.8) is 0 Å². The van der Waals surface area contributed by atoms with E-state index in [-0.39, 0.29) is 51.0 Å². The van der Waals surface area contributed by atoms with Gasteiger partial charge in [0, 0.05) is 37.7 Å². The summed E-state index contributed by atoms with van der Waals surface area (Å²) >= 11 is 0. The molecule has 3 N–H and O–H groups in total. The molecule has 9 nitrogen and oxygen atoms in total. The van der Waals surface area contributed by atoms with Crippen molar-refractivity contribution in [3.8, 4) is 11.1 Å². The quantitative estimate of drug-likeness (QED) is 0.276. The number of ether oxygens (including phenoxy) is 2. The van der Waals surface area contributed by atoms with Crippen molar-refractivity contribution in [2.75, 3.05) is 26.2 Å². The number of aliphatic hydroxyl groups excluding tert-OH is 2. The van der Waals surface area contributed by atoms with E-state index in [1.165, 1.54) is 0 Å². The number of benzene rings is 3. The fourth-order valence-corrected chi connectivity index (χ4v) is 7.08. The van der Waals surface area contributed by atoms with Gasteiger partial charge in [-0.15, -0.1) is 0 Å². The molecule has 0 aliphatic carbocycles. The standard InChI is InChI=1S/C37H42F3N3O6/c38-37(39,40)36(47)43-17-3-7-32(43)34(46)41-20-25-4-1-5-29(18-25)26-12-14-28(15-13-26)35-48-31(21-42-16-2-6-30(42)23-45)19-33(49-35)27-10-8-24(22-44)9-11-27/h1,4-5,8-15,18,30-33,35,44-45H,2-3,6-7,16-17,19-23H2,(H,41,46)/t30-,31+,32-,33-,35-/m0/s1. The predicted octanol–water partition coefficient (Wildman–Crippen LogP) is 5.02. The van der Waals surface area contributed by atoms with Crippen molar-refractivity contribution >= 4 is 11.8 Å². The van der Waals surface area contributed by atoms with Gasteiger partial charge in [0.15, 0.2) is 6.29 Å². The molecule has 3 fully saturated rings. The number of aliphatic hydroxyl groups is 2. The summed E-state index contributed by atoms with van der Waals surface area (Å²) in [6.45, 7) is 1.70. The van der Waals surface area contributed by atoms with Crippen LogP contribution in [0.2, 0.25) is 0 Å². The lowest BCUT2D eigenvalue weighted by Gasteiger charge is -2.38. The molecule has 0 unspecified atom stereocenters. The van der Waals surface area contributed by atoms with Crippen molar-refractivity contribution in [2.45, 2.75) is 82.0 Å². The zero-order valence-corrected chi connectivity index (χ0v) is 27.1. The Hall–Kier alpha value is -3.81. The average molecular weight is 682 g/mol. The molecule has 262 valence electrons. The second-order valence-corrected chi connectivity index (χ2v) is 13.0. The lowest BCUT2D eigenvalue weighted by atomic mass is 9.98. The molecular formula is C37H42F3N3O6. The minimum atomic E-state index is -5.02. The second-order valence-electron chi connectivity index (χ2n) is 13.0. The Bertz CT molecular complexity index is 1590. The molecule has 3 aromatic rings. The molecule has 0 radical (unpaired) electrons. The van der Waals surface area contributed by atoms with Gasteiger partial charge in [-0.2, -0.15) is 13.2 Å². The van der Waals surface area contributed by atoms with Gasteiger partial charge < -0.3 is 29.9 Å². The SMILES string of the molecule is O=C(NCc1cccc(-c2ccc([C@H]3O[C@@H](CN4CCC[C@H]4CO)C[C@@H](c4ccc(CO)cc4)O3)cc2)c1)[C@@H]1CCCN1C(=O)C(F)(F)F. The van der Waals surface area contributed by atoms with Crippen LogP contribution in [0.3, 0.4) is 0 Å². The molecule has 0 aromatic heterocycles. The molecule has 3 aliphatic rings. The highest BCUT2D eigenvalue weighted by Gasteiger charge is 2.47. The highest BCUT2D eigenvalue weighted by molar-refractivity contribution is 5.90. The predicted molar refractivity (Wildman–Crippen MR) is 175 cm³/mol. The third-order valence-corrected chi connectivity index (χ3v) is 9.73. The first-order valence-electron chi connectivity index (χ1n) is 16.8. The molecule has 3 saturated heterocycles. The first kappa shape index (κ1) is 35.0. The van der Waals surface area contributed by atoms with Crippen LogP contribution in [0.4, 0.5) is 13.2 Å². The number of amides is 2. The van der Waals surface area contributed by atoms with Gasteiger partial charge in [-0.05, 0) is 66.1 Å². The number of carbonyl (C=O) groups excluding carboxylic acids is 2. The third kappa shape index (κ3) is 8.33. The van der Waals surface area contributed by atoms with Crippen molar-refractivity contribution in [2.24, 2.45) is 0 Å². The van der Waals surface area contributed by atoms with Gasteiger partial charge in [-0.25, -0.2) is 0 Å². The average Bonchev–Trinajstić information content (AvgIpc) is 3.80. The Kier molecular flexibility index (Phi) is 11.0. The third-order valence-electron chi connectivity index (χ3n) is 9.73. The maximum atomic E-state index is 13.0. The van der Waals surface area contributed by atoms with Crippen LogP contribution in [0.1, 0.15) is 66.8 Å². The minimum Gasteiger partial charge on any atom is -0.395 e. The first-order valence-corrected chi connectivity index (χ1v) is 16.8. The molecule has 3 heterocycles. The fraction of sp³-hybridized carbons (Fsp3) is 0.459. The molecule has 12 heteroatoms. The highest BCUT2D eigenvalue weighted by Crippen LogP contribution is 2.39. The Morgan fingerprint density at radius 3 is 2.31 bits per heavy atom. The molecule has 0 saturated carbocycles. The number of nitrogens with zero attached hydrogens (tertiary/aromatic N) is 2. The molecule has 2 amide bonds. The second kappa shape index (κ2) is 15.4. The van der Waals surface area contributed by atoms with Crippen LogP contribution in [0, 0.1) is 0 Å². The summed E-state index contributed by atoms with van der Waals surface area (Å²) in [5, 5.41) is 22.1. The van der Waals surface area contributed by atoms with Crippen LogP contribution in [0.15, 0.2) is 72.8 Å². The minimum absolute atomic E-state index is 0.0334. The molecule has 3 aromatic carbocycles. The van der Waals surface area contributed by atoms with Gasteiger partial charge in [0.05, 0.1) is 25.4 Å². The molecule has 6 rings (SSSR count). The summed E-state index contributed by atoms with van der Waals surface area (Å²) in [5.41, 5.74) is 5.25. The maximum absolute atomic E-state index is 13.0. The molecule has 5 atom stereocenters. The van der Waals surface area contributed by atoms with Crippen molar-refractivity contribution in [3.05, 3.63) is 95.1 Å². The van der Waals surface area contributed by atoms with Gasteiger partial charge in [0.2, 0.25) is 5.91 Å². The summed E-state index contributed by atoms with van der Waals surface area (Å²) in [5.74, 6) is -2.58. The molecule has 0 bridgehead atoms. The Balaban J connectivity index is 1.13. The van der Waals surface area contributed by atoms with E-state index in [1.54, 1.807) is 0 Å². The summed E-state index contributed by atoms with van der Waals surface area (Å²) in [4.78, 5) is 27.5. The lowest BCUT2D eigenvalue weighted by Crippen LogP contribution is -2.50. The van der Waals surface area contributed by atoms with Gasteiger partial charge in [0.25, 0.3) is 0 Å². The van der Waals surface area contributed by atoms with E-state index < -0.39 is 30.3 Å². The largest absolute Gasteiger partial charge is 0.471 e. The number of halogens is 3. The van der Waals surface area contributed by atoms with Crippen molar-refractivity contribution in [1.29, 1.82) is 0 Å². The van der Waals surface area contributed by atoms with E-state index in [0.29, 0.717) is 24.3 Å². The number of nitrogens with one attached hydrogen (secondary N) is 1. The van der Waals surface area contributed by atoms with Crippen LogP contribution < -0.4 is 5.32 Å². The normalized spacial score (nSPS) is 24.7. The van der Waals surface area contributed by atoms with E-state index in [1.807, 2.05) is 72.8 Å². The van der Waals surface area contributed by atoms with Crippen molar-refractivity contribution < 1.29 is 42.4 Å². The summed E-state index contributed by atoms with van der Waals surface area (Å²) in [6.07, 6.45) is -2.79. The summed E-state index contributed by atoms with van der Waals surface area (Å²) < 4.78 is 52.0. The van der Waals surface area contributed by atoms with Crippen LogP contribution in [-0.4, -0.2) is 82.4 Å². The molecule has 0 spiro atoms. The lowest BCUT2D eigenvalue weighted by molar-refractivity contribution is -0.253. The first-order chi connectivity index (χ1) is 23.6. The van der Waals surface area contributed by atoms with Gasteiger partial charge >= 0.3 is 12.1 Å². The number of likely N-dealkylation sites (tertiary alicyclic amines) is 2. The highest BCUT2D eigenvalue weighted by atomic mass is 19.4. The monoisotopic (exact) mass is 681 g/mol. The van der Waals surface area contributed by atoms with E-state index in [9.17, 15) is 33.0 Å². The topological polar surface area (TPSA) is 112 Å².